The summed E-state index contributed by atoms with van der Waals surface area (Å²) in [5.41, 5.74) is 0. The van der Waals surface area contributed by atoms with Gasteiger partial charge in [0.05, 0.1) is 6.54 Å². The van der Waals surface area contributed by atoms with E-state index in [1.165, 1.54) is 0 Å². The van der Waals surface area contributed by atoms with Gasteiger partial charge in [-0.3, -0.25) is 4.79 Å². The molecule has 4 nitrogen and oxygen atoms in total. The molecular formula is C13H19BrN2O2. The van der Waals surface area contributed by atoms with Crippen LogP contribution in [-0.4, -0.2) is 32.7 Å². The zero-order valence-electron chi connectivity index (χ0n) is 10.7. The lowest BCUT2D eigenvalue weighted by Crippen LogP contribution is -2.36. The highest BCUT2D eigenvalue weighted by Gasteiger charge is 2.10. The smallest absolute Gasteiger partial charge is 0.224 e. The molecule has 2 N–H and O–H groups in total. The number of nitrogens with one attached hydrogen (secondary N) is 2. The lowest BCUT2D eigenvalue weighted by Gasteiger charge is -2.12. The van der Waals surface area contributed by atoms with E-state index < -0.39 is 0 Å². The molecule has 0 spiro atoms. The summed E-state index contributed by atoms with van der Waals surface area (Å²) in [4.78, 5) is 11.6. The van der Waals surface area contributed by atoms with Gasteiger partial charge in [-0.1, -0.05) is 22.9 Å². The van der Waals surface area contributed by atoms with Gasteiger partial charge in [0.1, 0.15) is 12.4 Å². The summed E-state index contributed by atoms with van der Waals surface area (Å²) in [6.45, 7) is 3.56. The Kier molecular flexibility index (Phi) is 6.75. The molecule has 0 heterocycles. The molecular weight excluding hydrogens is 296 g/mol. The van der Waals surface area contributed by atoms with Crippen molar-refractivity contribution in [2.24, 2.45) is 5.92 Å². The fourth-order valence-corrected chi connectivity index (χ4v) is 1.71. The van der Waals surface area contributed by atoms with E-state index in [0.717, 1.165) is 10.2 Å². The Morgan fingerprint density at radius 3 is 2.67 bits per heavy atom. The molecule has 1 amide bonds. The van der Waals surface area contributed by atoms with E-state index in [2.05, 4.69) is 26.6 Å². The van der Waals surface area contributed by atoms with Gasteiger partial charge in [0.25, 0.3) is 0 Å². The second-order valence-corrected chi connectivity index (χ2v) is 4.97. The summed E-state index contributed by atoms with van der Waals surface area (Å²) in [5.74, 6) is 0.821. The van der Waals surface area contributed by atoms with Crippen molar-refractivity contribution >= 4 is 21.8 Å². The third kappa shape index (κ3) is 5.51. The number of benzene rings is 1. The van der Waals surface area contributed by atoms with Crippen molar-refractivity contribution in [2.75, 3.05) is 26.7 Å². The molecule has 1 rings (SSSR count). The Hall–Kier alpha value is -1.07. The maximum Gasteiger partial charge on any atom is 0.224 e. The lowest BCUT2D eigenvalue weighted by molar-refractivity contribution is -0.124. The SMILES string of the molecule is CNCC(C)C(=O)NCCOc1ccc(Br)cc1. The van der Waals surface area contributed by atoms with Gasteiger partial charge in [0, 0.05) is 16.9 Å². The third-order valence-electron chi connectivity index (χ3n) is 2.44. The monoisotopic (exact) mass is 314 g/mol. The Bertz CT molecular complexity index is 368. The van der Waals surface area contributed by atoms with Crippen molar-refractivity contribution in [3.8, 4) is 5.75 Å². The van der Waals surface area contributed by atoms with Crippen LogP contribution in [0, 0.1) is 5.92 Å². The Morgan fingerprint density at radius 1 is 1.39 bits per heavy atom. The highest BCUT2D eigenvalue weighted by molar-refractivity contribution is 9.10. The molecule has 100 valence electrons. The molecule has 0 saturated carbocycles. The van der Waals surface area contributed by atoms with Gasteiger partial charge in [-0.05, 0) is 31.3 Å². The van der Waals surface area contributed by atoms with E-state index in [-0.39, 0.29) is 11.8 Å². The summed E-state index contributed by atoms with van der Waals surface area (Å²) in [5, 5.41) is 5.81. The highest BCUT2D eigenvalue weighted by atomic mass is 79.9. The molecule has 0 aliphatic heterocycles. The van der Waals surface area contributed by atoms with Crippen molar-refractivity contribution < 1.29 is 9.53 Å². The van der Waals surface area contributed by atoms with Crippen LogP contribution in [0.4, 0.5) is 0 Å². The summed E-state index contributed by atoms with van der Waals surface area (Å²) < 4.78 is 6.52. The molecule has 1 aromatic carbocycles. The molecule has 18 heavy (non-hydrogen) atoms. The number of carbonyl (C=O) groups excluding carboxylic acids is 1. The number of hydrogen-bond donors (Lipinski definition) is 2. The van der Waals surface area contributed by atoms with Crippen LogP contribution in [0.25, 0.3) is 0 Å². The third-order valence-corrected chi connectivity index (χ3v) is 2.97. The number of ether oxygens (including phenoxy) is 1. The molecule has 1 aromatic rings. The average molecular weight is 315 g/mol. The molecule has 0 fully saturated rings. The van der Waals surface area contributed by atoms with Crippen LogP contribution < -0.4 is 15.4 Å². The van der Waals surface area contributed by atoms with Gasteiger partial charge in [-0.15, -0.1) is 0 Å². The van der Waals surface area contributed by atoms with E-state index in [9.17, 15) is 4.79 Å². The van der Waals surface area contributed by atoms with Crippen LogP contribution in [-0.2, 0) is 4.79 Å². The second kappa shape index (κ2) is 8.11. The molecule has 0 aliphatic carbocycles. The topological polar surface area (TPSA) is 50.4 Å². The molecule has 0 aromatic heterocycles. The molecule has 1 atom stereocenters. The van der Waals surface area contributed by atoms with E-state index in [1.807, 2.05) is 38.2 Å². The molecule has 5 heteroatoms. The van der Waals surface area contributed by atoms with E-state index in [4.69, 9.17) is 4.74 Å². The minimum Gasteiger partial charge on any atom is -0.492 e. The first-order valence-corrected chi connectivity index (χ1v) is 6.73. The fraction of sp³-hybridized carbons (Fsp3) is 0.462. The predicted octanol–water partition coefficient (Wildman–Crippen LogP) is 1.80. The second-order valence-electron chi connectivity index (χ2n) is 4.05. The standard InChI is InChI=1S/C13H19BrN2O2/c1-10(9-15-2)13(17)16-7-8-18-12-5-3-11(14)4-6-12/h3-6,10,15H,7-9H2,1-2H3,(H,16,17). The summed E-state index contributed by atoms with van der Waals surface area (Å²) in [6, 6.07) is 7.61. The van der Waals surface area contributed by atoms with Gasteiger partial charge >= 0.3 is 0 Å². The van der Waals surface area contributed by atoms with Crippen LogP contribution in [0.5, 0.6) is 5.75 Å². The zero-order valence-corrected chi connectivity index (χ0v) is 12.3. The minimum atomic E-state index is -0.0253. The van der Waals surface area contributed by atoms with Crippen molar-refractivity contribution in [2.45, 2.75) is 6.92 Å². The van der Waals surface area contributed by atoms with E-state index >= 15 is 0 Å². The Labute approximate surface area is 116 Å². The number of halogens is 1. The number of rotatable bonds is 7. The normalized spacial score (nSPS) is 11.9. The van der Waals surface area contributed by atoms with Gasteiger partial charge in [0.15, 0.2) is 0 Å². The average Bonchev–Trinajstić information content (AvgIpc) is 2.36. The molecule has 0 saturated heterocycles. The first kappa shape index (κ1) is 15.0. The Balaban J connectivity index is 2.18. The van der Waals surface area contributed by atoms with Crippen molar-refractivity contribution in [1.82, 2.24) is 10.6 Å². The van der Waals surface area contributed by atoms with Gasteiger partial charge in [-0.25, -0.2) is 0 Å². The molecule has 0 radical (unpaired) electrons. The van der Waals surface area contributed by atoms with Crippen molar-refractivity contribution in [3.63, 3.8) is 0 Å². The van der Waals surface area contributed by atoms with Crippen LogP contribution in [0.15, 0.2) is 28.7 Å². The molecule has 0 bridgehead atoms. The maximum atomic E-state index is 11.6. The minimum absolute atomic E-state index is 0.0253. The van der Waals surface area contributed by atoms with Crippen LogP contribution >= 0.6 is 15.9 Å². The lowest BCUT2D eigenvalue weighted by atomic mass is 10.1. The predicted molar refractivity (Wildman–Crippen MR) is 75.7 cm³/mol. The summed E-state index contributed by atoms with van der Waals surface area (Å²) in [6.07, 6.45) is 0. The molecule has 0 aliphatic rings. The Morgan fingerprint density at radius 2 is 2.06 bits per heavy atom. The van der Waals surface area contributed by atoms with Crippen LogP contribution in [0.2, 0.25) is 0 Å². The van der Waals surface area contributed by atoms with Crippen LogP contribution in [0.1, 0.15) is 6.92 Å². The van der Waals surface area contributed by atoms with Crippen molar-refractivity contribution in [3.05, 3.63) is 28.7 Å². The molecule has 1 unspecified atom stereocenters. The maximum absolute atomic E-state index is 11.6. The first-order chi connectivity index (χ1) is 8.63. The van der Waals surface area contributed by atoms with Gasteiger partial charge < -0.3 is 15.4 Å². The van der Waals surface area contributed by atoms with Gasteiger partial charge in [0.2, 0.25) is 5.91 Å². The highest BCUT2D eigenvalue weighted by Crippen LogP contribution is 2.15. The first-order valence-electron chi connectivity index (χ1n) is 5.94. The largest absolute Gasteiger partial charge is 0.492 e. The quantitative estimate of drug-likeness (QED) is 0.755. The number of amides is 1. The van der Waals surface area contributed by atoms with E-state index in [0.29, 0.717) is 19.7 Å². The van der Waals surface area contributed by atoms with Crippen molar-refractivity contribution in [1.29, 1.82) is 0 Å². The van der Waals surface area contributed by atoms with Gasteiger partial charge in [-0.2, -0.15) is 0 Å². The summed E-state index contributed by atoms with van der Waals surface area (Å²) >= 11 is 3.36. The summed E-state index contributed by atoms with van der Waals surface area (Å²) in [7, 11) is 1.83. The number of hydrogen-bond acceptors (Lipinski definition) is 3. The van der Waals surface area contributed by atoms with Crippen LogP contribution in [0.3, 0.4) is 0 Å². The zero-order chi connectivity index (χ0) is 13.4. The fourth-order valence-electron chi connectivity index (χ4n) is 1.45. The van der Waals surface area contributed by atoms with E-state index in [1.54, 1.807) is 0 Å². The number of carbonyl (C=O) groups is 1.